The molecule has 7 heteroatoms. The van der Waals surface area contributed by atoms with Crippen LogP contribution in [0.2, 0.25) is 5.02 Å². The predicted molar refractivity (Wildman–Crippen MR) is 104 cm³/mol. The van der Waals surface area contributed by atoms with Gasteiger partial charge in [-0.1, -0.05) is 41.9 Å². The molecule has 0 aliphatic carbocycles. The SMILES string of the molecule is COCCc1nsc(Nc2ccc(NCc3ccccc3)c(Cl)c2)n1. The Morgan fingerprint density at radius 3 is 2.76 bits per heavy atom. The highest BCUT2D eigenvalue weighted by molar-refractivity contribution is 7.09. The Morgan fingerprint density at radius 1 is 1.16 bits per heavy atom. The van der Waals surface area contributed by atoms with E-state index in [4.69, 9.17) is 16.3 Å². The minimum atomic E-state index is 0.615. The molecule has 130 valence electrons. The van der Waals surface area contributed by atoms with Crippen LogP contribution in [0.3, 0.4) is 0 Å². The molecule has 0 saturated carbocycles. The highest BCUT2D eigenvalue weighted by atomic mass is 35.5. The van der Waals surface area contributed by atoms with Gasteiger partial charge in [-0.2, -0.15) is 4.37 Å². The molecule has 5 nitrogen and oxygen atoms in total. The number of halogens is 1. The number of nitrogens with one attached hydrogen (secondary N) is 2. The molecule has 1 heterocycles. The monoisotopic (exact) mass is 374 g/mol. The smallest absolute Gasteiger partial charge is 0.207 e. The predicted octanol–water partition coefficient (Wildman–Crippen LogP) is 4.74. The quantitative estimate of drug-likeness (QED) is 0.596. The molecule has 0 aliphatic heterocycles. The lowest BCUT2D eigenvalue weighted by atomic mass is 10.2. The number of methoxy groups -OCH3 is 1. The molecule has 0 spiro atoms. The first-order chi connectivity index (χ1) is 12.2. The minimum Gasteiger partial charge on any atom is -0.384 e. The van der Waals surface area contributed by atoms with Crippen LogP contribution >= 0.6 is 23.1 Å². The first kappa shape index (κ1) is 17.7. The van der Waals surface area contributed by atoms with Crippen molar-refractivity contribution in [1.82, 2.24) is 9.36 Å². The van der Waals surface area contributed by atoms with Crippen LogP contribution in [0.4, 0.5) is 16.5 Å². The van der Waals surface area contributed by atoms with Gasteiger partial charge in [-0.05, 0) is 23.8 Å². The van der Waals surface area contributed by atoms with E-state index >= 15 is 0 Å². The summed E-state index contributed by atoms with van der Waals surface area (Å²) in [7, 11) is 1.67. The topological polar surface area (TPSA) is 59.1 Å². The van der Waals surface area contributed by atoms with E-state index in [1.54, 1.807) is 7.11 Å². The number of ether oxygens (including phenoxy) is 1. The number of hydrogen-bond donors (Lipinski definition) is 2. The second kappa shape index (κ2) is 8.80. The van der Waals surface area contributed by atoms with Crippen molar-refractivity contribution in [3.63, 3.8) is 0 Å². The van der Waals surface area contributed by atoms with Crippen LogP contribution < -0.4 is 10.6 Å². The van der Waals surface area contributed by atoms with E-state index in [1.807, 2.05) is 36.4 Å². The van der Waals surface area contributed by atoms with Crippen LogP contribution in [-0.2, 0) is 17.7 Å². The Balaban J connectivity index is 1.60. The second-order valence-electron chi connectivity index (χ2n) is 5.42. The summed E-state index contributed by atoms with van der Waals surface area (Å²) in [6, 6.07) is 16.0. The summed E-state index contributed by atoms with van der Waals surface area (Å²) in [6.45, 7) is 1.34. The molecule has 2 N–H and O–H groups in total. The maximum atomic E-state index is 6.38. The molecule has 0 fully saturated rings. The van der Waals surface area contributed by atoms with Gasteiger partial charge in [0.25, 0.3) is 0 Å². The number of benzene rings is 2. The van der Waals surface area contributed by atoms with E-state index in [1.165, 1.54) is 17.1 Å². The van der Waals surface area contributed by atoms with Gasteiger partial charge in [0.2, 0.25) is 5.13 Å². The molecule has 0 amide bonds. The Kier molecular flexibility index (Phi) is 6.22. The first-order valence-corrected chi connectivity index (χ1v) is 9.05. The standard InChI is InChI=1S/C18H19ClN4OS/c1-24-10-9-17-22-18(25-23-17)21-14-7-8-16(15(19)11-14)20-12-13-5-3-2-4-6-13/h2-8,11,20H,9-10,12H2,1H3,(H,21,22,23). The van der Waals surface area contributed by atoms with E-state index < -0.39 is 0 Å². The summed E-state index contributed by atoms with van der Waals surface area (Å²) < 4.78 is 9.33. The summed E-state index contributed by atoms with van der Waals surface area (Å²) in [4.78, 5) is 4.43. The molecule has 0 aliphatic rings. The molecule has 0 radical (unpaired) electrons. The van der Waals surface area contributed by atoms with Gasteiger partial charge in [0.05, 0.1) is 17.3 Å². The third kappa shape index (κ3) is 5.16. The van der Waals surface area contributed by atoms with Crippen molar-refractivity contribution in [2.24, 2.45) is 0 Å². The molecule has 0 unspecified atom stereocenters. The van der Waals surface area contributed by atoms with Crippen molar-refractivity contribution in [1.29, 1.82) is 0 Å². The molecule has 2 aromatic carbocycles. The normalized spacial score (nSPS) is 10.6. The molecule has 3 aromatic rings. The number of aromatic nitrogens is 2. The summed E-state index contributed by atoms with van der Waals surface area (Å²) in [5.74, 6) is 0.779. The van der Waals surface area contributed by atoms with Crippen molar-refractivity contribution < 1.29 is 4.74 Å². The maximum Gasteiger partial charge on any atom is 0.207 e. The molecule has 3 rings (SSSR count). The molecule has 0 atom stereocenters. The highest BCUT2D eigenvalue weighted by Crippen LogP contribution is 2.28. The molecule has 0 bridgehead atoms. The molecule has 1 aromatic heterocycles. The van der Waals surface area contributed by atoms with E-state index in [-0.39, 0.29) is 0 Å². The zero-order valence-corrected chi connectivity index (χ0v) is 15.4. The average molecular weight is 375 g/mol. The fourth-order valence-electron chi connectivity index (χ4n) is 2.25. The van der Waals surface area contributed by atoms with Gasteiger partial charge >= 0.3 is 0 Å². The Morgan fingerprint density at radius 2 is 2.00 bits per heavy atom. The Labute approximate surface area is 156 Å². The fourth-order valence-corrected chi connectivity index (χ4v) is 3.13. The second-order valence-corrected chi connectivity index (χ2v) is 6.58. The van der Waals surface area contributed by atoms with Crippen LogP contribution in [0, 0.1) is 0 Å². The third-order valence-corrected chi connectivity index (χ3v) is 4.53. The lowest BCUT2D eigenvalue weighted by molar-refractivity contribution is 0.201. The lowest BCUT2D eigenvalue weighted by Crippen LogP contribution is -2.00. The van der Waals surface area contributed by atoms with Crippen LogP contribution in [-0.4, -0.2) is 23.1 Å². The van der Waals surface area contributed by atoms with Crippen molar-refractivity contribution in [3.05, 3.63) is 64.9 Å². The van der Waals surface area contributed by atoms with Gasteiger partial charge in [0.15, 0.2) is 0 Å². The van der Waals surface area contributed by atoms with Crippen molar-refractivity contribution >= 4 is 39.6 Å². The number of anilines is 3. The third-order valence-electron chi connectivity index (χ3n) is 3.54. The van der Waals surface area contributed by atoms with Gasteiger partial charge in [0, 0.05) is 37.3 Å². The van der Waals surface area contributed by atoms with E-state index in [9.17, 15) is 0 Å². The van der Waals surface area contributed by atoms with E-state index in [0.717, 1.165) is 28.9 Å². The highest BCUT2D eigenvalue weighted by Gasteiger charge is 2.06. The molecular formula is C18H19ClN4OS. The molecular weight excluding hydrogens is 356 g/mol. The van der Waals surface area contributed by atoms with Gasteiger partial charge in [-0.3, -0.25) is 0 Å². The van der Waals surface area contributed by atoms with Crippen molar-refractivity contribution in [3.8, 4) is 0 Å². The van der Waals surface area contributed by atoms with Crippen LogP contribution in [0.1, 0.15) is 11.4 Å². The summed E-state index contributed by atoms with van der Waals surface area (Å²) in [5, 5.41) is 7.98. The zero-order chi connectivity index (χ0) is 17.5. The number of rotatable bonds is 8. The van der Waals surface area contributed by atoms with E-state index in [0.29, 0.717) is 18.1 Å². The number of nitrogens with zero attached hydrogens (tertiary/aromatic N) is 2. The largest absolute Gasteiger partial charge is 0.384 e. The summed E-state index contributed by atoms with van der Waals surface area (Å²) in [5.41, 5.74) is 2.98. The lowest BCUT2D eigenvalue weighted by Gasteiger charge is -2.10. The maximum absolute atomic E-state index is 6.38. The van der Waals surface area contributed by atoms with E-state index in [2.05, 4.69) is 32.1 Å². The first-order valence-electron chi connectivity index (χ1n) is 7.90. The van der Waals surface area contributed by atoms with Gasteiger partial charge in [-0.15, -0.1) is 0 Å². The summed E-state index contributed by atoms with van der Waals surface area (Å²) in [6.07, 6.45) is 0.706. The minimum absolute atomic E-state index is 0.615. The van der Waals surface area contributed by atoms with Crippen LogP contribution in [0.25, 0.3) is 0 Å². The van der Waals surface area contributed by atoms with Gasteiger partial charge in [0.1, 0.15) is 5.82 Å². The van der Waals surface area contributed by atoms with Gasteiger partial charge in [-0.25, -0.2) is 4.98 Å². The fraction of sp³-hybridized carbons (Fsp3) is 0.222. The average Bonchev–Trinajstić information content (AvgIpc) is 3.07. The zero-order valence-electron chi connectivity index (χ0n) is 13.8. The molecule has 25 heavy (non-hydrogen) atoms. The Hall–Kier alpha value is -2.15. The molecule has 0 saturated heterocycles. The van der Waals surface area contributed by atoms with Gasteiger partial charge < -0.3 is 15.4 Å². The Bertz CT molecular complexity index is 810. The summed E-state index contributed by atoms with van der Waals surface area (Å²) >= 11 is 7.71. The van der Waals surface area contributed by atoms with Crippen molar-refractivity contribution in [2.45, 2.75) is 13.0 Å². The van der Waals surface area contributed by atoms with Crippen LogP contribution in [0.5, 0.6) is 0 Å². The van der Waals surface area contributed by atoms with Crippen molar-refractivity contribution in [2.75, 3.05) is 24.4 Å². The van der Waals surface area contributed by atoms with Crippen LogP contribution in [0.15, 0.2) is 48.5 Å². The number of hydrogen-bond acceptors (Lipinski definition) is 6.